The molecule has 1 fully saturated rings. The Hall–Kier alpha value is -0.610. The molecule has 0 aromatic carbocycles. The molecule has 1 rings (SSSR count). The van der Waals surface area contributed by atoms with E-state index in [1.54, 1.807) is 0 Å². The standard InChI is InChI=1S/C12H25N3O/c1-3-15(4-2)8-7-13-10-12(16)14-9-11-5-6-11/h11,13H,3-10H2,1-2H3,(H,14,16). The topological polar surface area (TPSA) is 44.4 Å². The van der Waals surface area contributed by atoms with Crippen LogP contribution in [0.15, 0.2) is 0 Å². The van der Waals surface area contributed by atoms with Gasteiger partial charge in [-0.3, -0.25) is 4.79 Å². The van der Waals surface area contributed by atoms with E-state index in [1.807, 2.05) is 0 Å². The Morgan fingerprint density at radius 2 is 2.00 bits per heavy atom. The van der Waals surface area contributed by atoms with Crippen molar-refractivity contribution in [1.29, 1.82) is 0 Å². The average molecular weight is 227 g/mol. The highest BCUT2D eigenvalue weighted by atomic mass is 16.1. The summed E-state index contributed by atoms with van der Waals surface area (Å²) in [5.74, 6) is 0.895. The molecule has 4 nitrogen and oxygen atoms in total. The highest BCUT2D eigenvalue weighted by molar-refractivity contribution is 5.77. The summed E-state index contributed by atoms with van der Waals surface area (Å²) < 4.78 is 0. The van der Waals surface area contributed by atoms with Gasteiger partial charge in [0.25, 0.3) is 0 Å². The summed E-state index contributed by atoms with van der Waals surface area (Å²) in [5, 5.41) is 6.12. The minimum Gasteiger partial charge on any atom is -0.355 e. The normalized spacial score (nSPS) is 15.4. The molecule has 0 heterocycles. The number of carbonyl (C=O) groups is 1. The molecule has 0 atom stereocenters. The van der Waals surface area contributed by atoms with E-state index in [0.717, 1.165) is 38.6 Å². The van der Waals surface area contributed by atoms with E-state index in [-0.39, 0.29) is 5.91 Å². The van der Waals surface area contributed by atoms with Crippen LogP contribution in [-0.2, 0) is 4.79 Å². The van der Waals surface area contributed by atoms with Gasteiger partial charge in [-0.1, -0.05) is 13.8 Å². The van der Waals surface area contributed by atoms with Crippen molar-refractivity contribution < 1.29 is 4.79 Å². The van der Waals surface area contributed by atoms with Crippen LogP contribution in [0.4, 0.5) is 0 Å². The van der Waals surface area contributed by atoms with Crippen molar-refractivity contribution in [2.75, 3.05) is 39.3 Å². The van der Waals surface area contributed by atoms with Crippen molar-refractivity contribution in [2.24, 2.45) is 5.92 Å². The number of hydrogen-bond acceptors (Lipinski definition) is 3. The van der Waals surface area contributed by atoms with E-state index in [0.29, 0.717) is 6.54 Å². The second kappa shape index (κ2) is 7.63. The van der Waals surface area contributed by atoms with Crippen molar-refractivity contribution in [3.8, 4) is 0 Å². The molecule has 0 aromatic rings. The second-order valence-corrected chi connectivity index (χ2v) is 4.45. The number of nitrogens with zero attached hydrogens (tertiary/aromatic N) is 1. The number of amides is 1. The van der Waals surface area contributed by atoms with Gasteiger partial charge in [-0.2, -0.15) is 0 Å². The third kappa shape index (κ3) is 6.08. The average Bonchev–Trinajstić information content (AvgIpc) is 3.10. The first-order valence-electron chi connectivity index (χ1n) is 6.46. The Labute approximate surface area is 98.8 Å². The lowest BCUT2D eigenvalue weighted by molar-refractivity contribution is -0.120. The highest BCUT2D eigenvalue weighted by Gasteiger charge is 2.21. The first-order valence-corrected chi connectivity index (χ1v) is 6.46. The lowest BCUT2D eigenvalue weighted by atomic mass is 10.4. The van der Waals surface area contributed by atoms with Gasteiger partial charge in [-0.05, 0) is 31.8 Å². The van der Waals surface area contributed by atoms with Crippen LogP contribution in [0.25, 0.3) is 0 Å². The molecule has 1 saturated carbocycles. The maximum absolute atomic E-state index is 11.4. The van der Waals surface area contributed by atoms with Gasteiger partial charge in [0.1, 0.15) is 0 Å². The summed E-state index contributed by atoms with van der Waals surface area (Å²) in [4.78, 5) is 13.7. The number of likely N-dealkylation sites (N-methyl/N-ethyl adjacent to an activating group) is 1. The fourth-order valence-corrected chi connectivity index (χ4v) is 1.62. The Bertz CT molecular complexity index is 200. The van der Waals surface area contributed by atoms with Crippen molar-refractivity contribution in [3.63, 3.8) is 0 Å². The molecule has 0 aromatic heterocycles. The monoisotopic (exact) mass is 227 g/mol. The third-order valence-electron chi connectivity index (χ3n) is 3.07. The van der Waals surface area contributed by atoms with Gasteiger partial charge >= 0.3 is 0 Å². The van der Waals surface area contributed by atoms with E-state index in [2.05, 4.69) is 29.4 Å². The lowest BCUT2D eigenvalue weighted by Crippen LogP contribution is -2.38. The molecule has 2 N–H and O–H groups in total. The summed E-state index contributed by atoms with van der Waals surface area (Å²) in [6.45, 7) is 9.70. The Morgan fingerprint density at radius 1 is 1.31 bits per heavy atom. The number of hydrogen-bond donors (Lipinski definition) is 2. The molecule has 16 heavy (non-hydrogen) atoms. The zero-order valence-electron chi connectivity index (χ0n) is 10.6. The summed E-state index contributed by atoms with van der Waals surface area (Å²) >= 11 is 0. The number of rotatable bonds is 9. The molecule has 0 saturated heterocycles. The zero-order chi connectivity index (χ0) is 11.8. The molecular formula is C12H25N3O. The van der Waals surface area contributed by atoms with Crippen LogP contribution in [0.3, 0.4) is 0 Å². The predicted octanol–water partition coefficient (Wildman–Crippen LogP) is 0.444. The summed E-state index contributed by atoms with van der Waals surface area (Å²) in [7, 11) is 0. The molecule has 94 valence electrons. The van der Waals surface area contributed by atoms with E-state index in [9.17, 15) is 4.79 Å². The summed E-state index contributed by atoms with van der Waals surface area (Å²) in [5.41, 5.74) is 0. The van der Waals surface area contributed by atoms with Crippen LogP contribution in [-0.4, -0.2) is 50.1 Å². The fraction of sp³-hybridized carbons (Fsp3) is 0.917. The SMILES string of the molecule is CCN(CC)CCNCC(=O)NCC1CC1. The zero-order valence-corrected chi connectivity index (χ0v) is 10.6. The molecule has 0 bridgehead atoms. The van der Waals surface area contributed by atoms with Gasteiger partial charge in [0.15, 0.2) is 0 Å². The highest BCUT2D eigenvalue weighted by Crippen LogP contribution is 2.27. The van der Waals surface area contributed by atoms with E-state index < -0.39 is 0 Å². The quantitative estimate of drug-likeness (QED) is 0.562. The van der Waals surface area contributed by atoms with Gasteiger partial charge in [0.05, 0.1) is 6.54 Å². The van der Waals surface area contributed by atoms with Crippen LogP contribution >= 0.6 is 0 Å². The third-order valence-corrected chi connectivity index (χ3v) is 3.07. The molecule has 4 heteroatoms. The second-order valence-electron chi connectivity index (χ2n) is 4.45. The first-order chi connectivity index (χ1) is 7.76. The van der Waals surface area contributed by atoms with Crippen molar-refractivity contribution >= 4 is 5.91 Å². The molecule has 1 aliphatic carbocycles. The van der Waals surface area contributed by atoms with E-state index >= 15 is 0 Å². The van der Waals surface area contributed by atoms with Gasteiger partial charge in [0, 0.05) is 19.6 Å². The predicted molar refractivity (Wildman–Crippen MR) is 66.4 cm³/mol. The van der Waals surface area contributed by atoms with E-state index in [4.69, 9.17) is 0 Å². The lowest BCUT2D eigenvalue weighted by Gasteiger charge is -2.17. The van der Waals surface area contributed by atoms with Crippen molar-refractivity contribution in [1.82, 2.24) is 15.5 Å². The minimum absolute atomic E-state index is 0.131. The van der Waals surface area contributed by atoms with Gasteiger partial charge < -0.3 is 15.5 Å². The van der Waals surface area contributed by atoms with E-state index in [1.165, 1.54) is 12.8 Å². The smallest absolute Gasteiger partial charge is 0.233 e. The van der Waals surface area contributed by atoms with Crippen LogP contribution in [0.1, 0.15) is 26.7 Å². The number of carbonyl (C=O) groups excluding carboxylic acids is 1. The summed E-state index contributed by atoms with van der Waals surface area (Å²) in [6, 6.07) is 0. The Morgan fingerprint density at radius 3 is 2.56 bits per heavy atom. The number of nitrogens with one attached hydrogen (secondary N) is 2. The largest absolute Gasteiger partial charge is 0.355 e. The minimum atomic E-state index is 0.131. The van der Waals surface area contributed by atoms with Crippen LogP contribution in [0, 0.1) is 5.92 Å². The van der Waals surface area contributed by atoms with Gasteiger partial charge in [-0.25, -0.2) is 0 Å². The first kappa shape index (κ1) is 13.5. The van der Waals surface area contributed by atoms with Crippen LogP contribution in [0.5, 0.6) is 0 Å². The van der Waals surface area contributed by atoms with Crippen molar-refractivity contribution in [2.45, 2.75) is 26.7 Å². The molecule has 1 aliphatic rings. The Kier molecular flexibility index (Phi) is 6.42. The summed E-state index contributed by atoms with van der Waals surface area (Å²) in [6.07, 6.45) is 2.57. The molecule has 0 aliphatic heterocycles. The van der Waals surface area contributed by atoms with Crippen molar-refractivity contribution in [3.05, 3.63) is 0 Å². The maximum atomic E-state index is 11.4. The molecule has 1 amide bonds. The van der Waals surface area contributed by atoms with Gasteiger partial charge in [0.2, 0.25) is 5.91 Å². The molecule has 0 radical (unpaired) electrons. The van der Waals surface area contributed by atoms with Crippen LogP contribution < -0.4 is 10.6 Å². The molecular weight excluding hydrogens is 202 g/mol. The van der Waals surface area contributed by atoms with Crippen LogP contribution in [0.2, 0.25) is 0 Å². The fourth-order valence-electron chi connectivity index (χ4n) is 1.62. The maximum Gasteiger partial charge on any atom is 0.233 e. The molecule has 0 spiro atoms. The molecule has 0 unspecified atom stereocenters. The Balaban J connectivity index is 1.90. The van der Waals surface area contributed by atoms with Gasteiger partial charge in [-0.15, -0.1) is 0 Å².